The molecule has 0 radical (unpaired) electrons. The minimum atomic E-state index is -1.07. The van der Waals surface area contributed by atoms with E-state index in [1.54, 1.807) is 24.3 Å². The van der Waals surface area contributed by atoms with E-state index >= 15 is 0 Å². The number of carbonyl (C=O) groups excluding carboxylic acids is 2. The fourth-order valence-electron chi connectivity index (χ4n) is 2.70. The molecular weight excluding hydrogens is 298 g/mol. The highest BCUT2D eigenvalue weighted by Crippen LogP contribution is 2.21. The van der Waals surface area contributed by atoms with Crippen molar-refractivity contribution in [2.24, 2.45) is 0 Å². The zero-order valence-electron chi connectivity index (χ0n) is 12.6. The van der Waals surface area contributed by atoms with Crippen LogP contribution in [0.25, 0.3) is 0 Å². The van der Waals surface area contributed by atoms with Gasteiger partial charge >= 0.3 is 6.09 Å². The number of benzene rings is 1. The van der Waals surface area contributed by atoms with Crippen molar-refractivity contribution in [1.82, 2.24) is 10.2 Å². The van der Waals surface area contributed by atoms with Crippen molar-refractivity contribution in [1.29, 1.82) is 0 Å². The van der Waals surface area contributed by atoms with Crippen molar-refractivity contribution in [3.05, 3.63) is 29.8 Å². The third-order valence-corrected chi connectivity index (χ3v) is 4.13. The first-order valence-electron chi connectivity index (χ1n) is 7.76. The molecule has 2 aliphatic rings. The van der Waals surface area contributed by atoms with Crippen molar-refractivity contribution < 1.29 is 19.5 Å². The van der Waals surface area contributed by atoms with E-state index in [1.807, 2.05) is 0 Å². The zero-order valence-corrected chi connectivity index (χ0v) is 12.6. The van der Waals surface area contributed by atoms with Crippen molar-refractivity contribution >= 4 is 23.6 Å². The summed E-state index contributed by atoms with van der Waals surface area (Å²) in [6.45, 7) is 0.383. The van der Waals surface area contributed by atoms with Crippen LogP contribution in [0.4, 0.5) is 10.5 Å². The van der Waals surface area contributed by atoms with Crippen LogP contribution < -0.4 is 10.6 Å². The maximum Gasteiger partial charge on any atom is 0.407 e. The summed E-state index contributed by atoms with van der Waals surface area (Å²) >= 11 is 0. The van der Waals surface area contributed by atoms with Crippen molar-refractivity contribution in [2.45, 2.75) is 37.8 Å². The smallest absolute Gasteiger partial charge is 0.407 e. The standard InChI is InChI=1S/C16H19N3O4/c20-14(17-12-7-8-12)10-3-5-11(6-4-10)18-15(21)13-2-1-9-19(13)16(22)23/h3-6,12-13H,1-2,7-9H2,(H,17,20)(H,18,21)(H,22,23). The number of likely N-dealkylation sites (tertiary alicyclic amines) is 1. The quantitative estimate of drug-likeness (QED) is 0.786. The summed E-state index contributed by atoms with van der Waals surface area (Å²) in [7, 11) is 0. The number of carboxylic acid groups (broad SMARTS) is 1. The summed E-state index contributed by atoms with van der Waals surface area (Å²) in [6.07, 6.45) is 2.20. The molecule has 1 saturated carbocycles. The van der Waals surface area contributed by atoms with Gasteiger partial charge in [-0.2, -0.15) is 0 Å². The van der Waals surface area contributed by atoms with E-state index in [9.17, 15) is 14.4 Å². The Bertz CT molecular complexity index is 625. The molecule has 3 rings (SSSR count). The van der Waals surface area contributed by atoms with E-state index in [4.69, 9.17) is 5.11 Å². The van der Waals surface area contributed by atoms with Gasteiger partial charge < -0.3 is 15.7 Å². The van der Waals surface area contributed by atoms with E-state index < -0.39 is 12.1 Å². The van der Waals surface area contributed by atoms with Gasteiger partial charge in [0.1, 0.15) is 6.04 Å². The molecule has 1 aromatic carbocycles. The van der Waals surface area contributed by atoms with Gasteiger partial charge in [0, 0.05) is 23.8 Å². The predicted molar refractivity (Wildman–Crippen MR) is 83.3 cm³/mol. The maximum atomic E-state index is 12.2. The Morgan fingerprint density at radius 2 is 1.78 bits per heavy atom. The third kappa shape index (κ3) is 3.61. The van der Waals surface area contributed by atoms with Gasteiger partial charge in [-0.25, -0.2) is 4.79 Å². The van der Waals surface area contributed by atoms with Crippen LogP contribution in [-0.4, -0.2) is 46.5 Å². The number of hydrogen-bond acceptors (Lipinski definition) is 3. The highest BCUT2D eigenvalue weighted by molar-refractivity contribution is 5.98. The number of carbonyl (C=O) groups is 3. The molecule has 3 N–H and O–H groups in total. The molecule has 0 spiro atoms. The summed E-state index contributed by atoms with van der Waals surface area (Å²) in [5, 5.41) is 14.7. The van der Waals surface area contributed by atoms with Crippen molar-refractivity contribution in [3.63, 3.8) is 0 Å². The van der Waals surface area contributed by atoms with E-state index in [0.717, 1.165) is 17.7 Å². The van der Waals surface area contributed by atoms with E-state index in [2.05, 4.69) is 10.6 Å². The third-order valence-electron chi connectivity index (χ3n) is 4.13. The SMILES string of the molecule is O=C(NC1CC1)c1ccc(NC(=O)C2CCCN2C(=O)O)cc1. The highest BCUT2D eigenvalue weighted by Gasteiger charge is 2.34. The molecule has 1 saturated heterocycles. The molecule has 1 aliphatic carbocycles. The maximum absolute atomic E-state index is 12.2. The molecule has 0 aromatic heterocycles. The summed E-state index contributed by atoms with van der Waals surface area (Å²) in [5.74, 6) is -0.446. The van der Waals surface area contributed by atoms with Crippen LogP contribution in [0, 0.1) is 0 Å². The Morgan fingerprint density at radius 3 is 2.39 bits per heavy atom. The molecule has 122 valence electrons. The fourth-order valence-corrected chi connectivity index (χ4v) is 2.70. The Balaban J connectivity index is 1.60. The highest BCUT2D eigenvalue weighted by atomic mass is 16.4. The Hall–Kier alpha value is -2.57. The molecule has 3 amide bonds. The minimum Gasteiger partial charge on any atom is -0.465 e. The lowest BCUT2D eigenvalue weighted by Gasteiger charge is -2.20. The number of rotatable bonds is 4. The molecule has 7 nitrogen and oxygen atoms in total. The molecule has 7 heteroatoms. The molecule has 1 heterocycles. The molecule has 1 aromatic rings. The number of hydrogen-bond donors (Lipinski definition) is 3. The molecule has 23 heavy (non-hydrogen) atoms. The van der Waals surface area contributed by atoms with Gasteiger partial charge in [-0.3, -0.25) is 14.5 Å². The lowest BCUT2D eigenvalue weighted by atomic mass is 10.1. The van der Waals surface area contributed by atoms with Gasteiger partial charge in [-0.05, 0) is 49.9 Å². The normalized spacial score (nSPS) is 20.2. The minimum absolute atomic E-state index is 0.113. The summed E-state index contributed by atoms with van der Waals surface area (Å²) in [4.78, 5) is 36.3. The number of nitrogens with one attached hydrogen (secondary N) is 2. The van der Waals surface area contributed by atoms with Crippen molar-refractivity contribution in [3.8, 4) is 0 Å². The van der Waals surface area contributed by atoms with Crippen LogP contribution in [-0.2, 0) is 4.79 Å². The van der Waals surface area contributed by atoms with Gasteiger partial charge in [-0.15, -0.1) is 0 Å². The second kappa shape index (κ2) is 6.28. The fraction of sp³-hybridized carbons (Fsp3) is 0.438. The van der Waals surface area contributed by atoms with Crippen LogP contribution in [0.15, 0.2) is 24.3 Å². The predicted octanol–water partition coefficient (Wildman–Crippen LogP) is 1.66. The second-order valence-electron chi connectivity index (χ2n) is 5.95. The van der Waals surface area contributed by atoms with Gasteiger partial charge in [0.25, 0.3) is 5.91 Å². The average molecular weight is 317 g/mol. The summed E-state index contributed by atoms with van der Waals surface area (Å²) in [6, 6.07) is 6.25. The Labute approximate surface area is 133 Å². The first kappa shape index (κ1) is 15.3. The van der Waals surface area contributed by atoms with Crippen molar-refractivity contribution in [2.75, 3.05) is 11.9 Å². The topological polar surface area (TPSA) is 98.7 Å². The van der Waals surface area contributed by atoms with Crippen LogP contribution in [0.2, 0.25) is 0 Å². The van der Waals surface area contributed by atoms with Gasteiger partial charge in [-0.1, -0.05) is 0 Å². The molecule has 1 aliphatic heterocycles. The number of anilines is 1. The van der Waals surface area contributed by atoms with Crippen LogP contribution >= 0.6 is 0 Å². The average Bonchev–Trinajstić information content (AvgIpc) is 3.19. The lowest BCUT2D eigenvalue weighted by molar-refractivity contribution is -0.119. The Morgan fingerprint density at radius 1 is 1.09 bits per heavy atom. The first-order chi connectivity index (χ1) is 11.0. The van der Waals surface area contributed by atoms with E-state index in [1.165, 1.54) is 0 Å². The second-order valence-corrected chi connectivity index (χ2v) is 5.95. The van der Waals surface area contributed by atoms with E-state index in [-0.39, 0.29) is 11.8 Å². The molecule has 0 bridgehead atoms. The van der Waals surface area contributed by atoms with Gasteiger partial charge in [0.05, 0.1) is 0 Å². The molecular formula is C16H19N3O4. The molecule has 1 atom stereocenters. The Kier molecular flexibility index (Phi) is 4.18. The van der Waals surface area contributed by atoms with Gasteiger partial charge in [0.15, 0.2) is 0 Å². The first-order valence-corrected chi connectivity index (χ1v) is 7.76. The zero-order chi connectivity index (χ0) is 16.4. The van der Waals surface area contributed by atoms with Crippen LogP contribution in [0.3, 0.4) is 0 Å². The summed E-state index contributed by atoms with van der Waals surface area (Å²) < 4.78 is 0. The monoisotopic (exact) mass is 317 g/mol. The summed E-state index contributed by atoms with van der Waals surface area (Å²) in [5.41, 5.74) is 1.10. The van der Waals surface area contributed by atoms with Crippen LogP contribution in [0.1, 0.15) is 36.0 Å². The van der Waals surface area contributed by atoms with Gasteiger partial charge in [0.2, 0.25) is 5.91 Å². The lowest BCUT2D eigenvalue weighted by Crippen LogP contribution is -2.42. The van der Waals surface area contributed by atoms with E-state index in [0.29, 0.717) is 36.7 Å². The largest absolute Gasteiger partial charge is 0.465 e. The number of nitrogens with zero attached hydrogens (tertiary/aromatic N) is 1. The molecule has 2 fully saturated rings. The van der Waals surface area contributed by atoms with Crippen LogP contribution in [0.5, 0.6) is 0 Å². The number of amides is 3. The molecule has 1 unspecified atom stereocenters.